The van der Waals surface area contributed by atoms with E-state index in [0.717, 1.165) is 25.7 Å². The molecule has 0 rings (SSSR count). The molecule has 0 saturated heterocycles. The predicted octanol–water partition coefficient (Wildman–Crippen LogP) is 1.49. The number of aliphatic hydroxyl groups is 2. The van der Waals surface area contributed by atoms with Crippen molar-refractivity contribution in [2.24, 2.45) is 5.41 Å². The van der Waals surface area contributed by atoms with Crippen LogP contribution >= 0.6 is 0 Å². The lowest BCUT2D eigenvalue weighted by molar-refractivity contribution is -0.162. The molecule has 0 amide bonds. The summed E-state index contributed by atoms with van der Waals surface area (Å²) in [6.07, 6.45) is 4.54. The summed E-state index contributed by atoms with van der Waals surface area (Å²) in [6, 6.07) is 0. The van der Waals surface area contributed by atoms with E-state index in [1.54, 1.807) is 6.92 Å². The highest BCUT2D eigenvalue weighted by Gasteiger charge is 2.37. The zero-order chi connectivity index (χ0) is 12.4. The molecule has 0 bridgehead atoms. The number of unbranched alkanes of at least 4 members (excludes halogenated alkanes) is 3. The molecule has 0 aliphatic heterocycles. The molecule has 0 spiro atoms. The van der Waals surface area contributed by atoms with Gasteiger partial charge in [-0.15, -0.1) is 0 Å². The molecule has 4 heteroatoms. The number of hydrogen-bond acceptors (Lipinski definition) is 4. The molecule has 0 saturated carbocycles. The Morgan fingerprint density at radius 1 is 1.12 bits per heavy atom. The van der Waals surface area contributed by atoms with Gasteiger partial charge in [0.05, 0.1) is 19.8 Å². The van der Waals surface area contributed by atoms with Crippen LogP contribution in [-0.4, -0.2) is 36.0 Å². The Labute approximate surface area is 97.6 Å². The van der Waals surface area contributed by atoms with Crippen molar-refractivity contribution in [3.8, 4) is 0 Å². The first-order valence-electron chi connectivity index (χ1n) is 6.05. The van der Waals surface area contributed by atoms with E-state index in [2.05, 4.69) is 6.92 Å². The van der Waals surface area contributed by atoms with Crippen LogP contribution in [0.15, 0.2) is 0 Å². The van der Waals surface area contributed by atoms with Crippen LogP contribution in [0, 0.1) is 5.41 Å². The number of carbonyl (C=O) groups is 1. The van der Waals surface area contributed by atoms with Gasteiger partial charge in [0.2, 0.25) is 0 Å². The molecule has 0 atom stereocenters. The van der Waals surface area contributed by atoms with Gasteiger partial charge >= 0.3 is 5.97 Å². The maximum Gasteiger partial charge on any atom is 0.316 e. The average Bonchev–Trinajstić information content (AvgIpc) is 2.32. The number of rotatable bonds is 9. The Morgan fingerprint density at radius 2 is 1.75 bits per heavy atom. The maximum atomic E-state index is 11.6. The highest BCUT2D eigenvalue weighted by Crippen LogP contribution is 2.22. The molecule has 0 aromatic carbocycles. The number of hydrogen-bond donors (Lipinski definition) is 2. The normalized spacial score (nSPS) is 11.5. The summed E-state index contributed by atoms with van der Waals surface area (Å²) in [7, 11) is 0. The first kappa shape index (κ1) is 15.4. The first-order valence-corrected chi connectivity index (χ1v) is 6.05. The highest BCUT2D eigenvalue weighted by molar-refractivity contribution is 5.77. The van der Waals surface area contributed by atoms with Gasteiger partial charge in [-0.1, -0.05) is 33.1 Å². The molecular weight excluding hydrogens is 208 g/mol. The second kappa shape index (κ2) is 8.53. The monoisotopic (exact) mass is 232 g/mol. The van der Waals surface area contributed by atoms with Crippen molar-refractivity contribution in [2.75, 3.05) is 19.8 Å². The van der Waals surface area contributed by atoms with E-state index in [-0.39, 0.29) is 13.2 Å². The molecule has 96 valence electrons. The molecule has 0 radical (unpaired) electrons. The molecule has 2 N–H and O–H groups in total. The largest absolute Gasteiger partial charge is 0.465 e. The molecule has 0 heterocycles. The Balaban J connectivity index is 3.93. The smallest absolute Gasteiger partial charge is 0.316 e. The number of aliphatic hydroxyl groups excluding tert-OH is 2. The highest BCUT2D eigenvalue weighted by atomic mass is 16.5. The summed E-state index contributed by atoms with van der Waals surface area (Å²) in [5.74, 6) is -0.489. The fourth-order valence-corrected chi connectivity index (χ4v) is 1.39. The average molecular weight is 232 g/mol. The molecule has 0 aromatic rings. The number of esters is 1. The van der Waals surface area contributed by atoms with E-state index >= 15 is 0 Å². The van der Waals surface area contributed by atoms with Crippen molar-refractivity contribution in [1.82, 2.24) is 0 Å². The fraction of sp³-hybridized carbons (Fsp3) is 0.917. The van der Waals surface area contributed by atoms with Gasteiger partial charge in [-0.2, -0.15) is 0 Å². The van der Waals surface area contributed by atoms with Crippen LogP contribution in [0.2, 0.25) is 0 Å². The summed E-state index contributed by atoms with van der Waals surface area (Å²) < 4.78 is 5.07. The third kappa shape index (κ3) is 4.49. The molecule has 4 nitrogen and oxygen atoms in total. The molecule has 0 aliphatic carbocycles. The molecule has 0 aliphatic rings. The lowest BCUT2D eigenvalue weighted by atomic mass is 9.87. The van der Waals surface area contributed by atoms with Gasteiger partial charge in [0, 0.05) is 0 Å². The Kier molecular flexibility index (Phi) is 8.21. The zero-order valence-corrected chi connectivity index (χ0v) is 10.4. The molecule has 0 fully saturated rings. The minimum atomic E-state index is -1.12. The van der Waals surface area contributed by atoms with Gasteiger partial charge in [0.25, 0.3) is 0 Å². The third-order valence-electron chi connectivity index (χ3n) is 2.95. The lowest BCUT2D eigenvalue weighted by Gasteiger charge is -2.25. The van der Waals surface area contributed by atoms with E-state index in [1.165, 1.54) is 0 Å². The second-order valence-corrected chi connectivity index (χ2v) is 4.15. The van der Waals surface area contributed by atoms with Crippen LogP contribution in [0.4, 0.5) is 0 Å². The van der Waals surface area contributed by atoms with Gasteiger partial charge in [0.1, 0.15) is 5.41 Å². The SMILES string of the molecule is CCCCCCOC(=O)C(CC)(CO)CO. The third-order valence-corrected chi connectivity index (χ3v) is 2.95. The maximum absolute atomic E-state index is 11.6. The van der Waals surface area contributed by atoms with Gasteiger partial charge < -0.3 is 14.9 Å². The van der Waals surface area contributed by atoms with Crippen LogP contribution in [0.25, 0.3) is 0 Å². The van der Waals surface area contributed by atoms with Gasteiger partial charge in [-0.05, 0) is 12.8 Å². The summed E-state index contributed by atoms with van der Waals surface area (Å²) in [5, 5.41) is 18.3. The fourth-order valence-electron chi connectivity index (χ4n) is 1.39. The van der Waals surface area contributed by atoms with Gasteiger partial charge in [0.15, 0.2) is 0 Å². The summed E-state index contributed by atoms with van der Waals surface area (Å²) >= 11 is 0. The Hall–Kier alpha value is -0.610. The second-order valence-electron chi connectivity index (χ2n) is 4.15. The van der Waals surface area contributed by atoms with E-state index in [4.69, 9.17) is 14.9 Å². The van der Waals surface area contributed by atoms with Crippen LogP contribution < -0.4 is 0 Å². The van der Waals surface area contributed by atoms with Gasteiger partial charge in [-0.25, -0.2) is 0 Å². The molecule has 0 aromatic heterocycles. The molecule has 0 unspecified atom stereocenters. The Morgan fingerprint density at radius 3 is 2.19 bits per heavy atom. The molecular formula is C12H24O4. The minimum Gasteiger partial charge on any atom is -0.465 e. The van der Waals surface area contributed by atoms with E-state index in [0.29, 0.717) is 13.0 Å². The van der Waals surface area contributed by atoms with E-state index in [1.807, 2.05) is 0 Å². The standard InChI is InChI=1S/C12H24O4/c1-3-5-6-7-8-16-11(15)12(4-2,9-13)10-14/h13-14H,3-10H2,1-2H3. The van der Waals surface area contributed by atoms with Crippen LogP contribution in [0.5, 0.6) is 0 Å². The molecule has 16 heavy (non-hydrogen) atoms. The van der Waals surface area contributed by atoms with E-state index in [9.17, 15) is 4.79 Å². The van der Waals surface area contributed by atoms with Crippen molar-refractivity contribution in [3.05, 3.63) is 0 Å². The zero-order valence-electron chi connectivity index (χ0n) is 10.4. The summed E-state index contributed by atoms with van der Waals surface area (Å²) in [4.78, 5) is 11.6. The van der Waals surface area contributed by atoms with Crippen molar-refractivity contribution >= 4 is 5.97 Å². The van der Waals surface area contributed by atoms with Crippen molar-refractivity contribution in [1.29, 1.82) is 0 Å². The summed E-state index contributed by atoms with van der Waals surface area (Å²) in [5.41, 5.74) is -1.12. The van der Waals surface area contributed by atoms with Crippen molar-refractivity contribution < 1.29 is 19.7 Å². The van der Waals surface area contributed by atoms with E-state index < -0.39 is 11.4 Å². The minimum absolute atomic E-state index is 0.367. The number of carbonyl (C=O) groups excluding carboxylic acids is 1. The van der Waals surface area contributed by atoms with Crippen molar-refractivity contribution in [2.45, 2.75) is 46.0 Å². The van der Waals surface area contributed by atoms with Crippen LogP contribution in [0.3, 0.4) is 0 Å². The van der Waals surface area contributed by atoms with Crippen LogP contribution in [-0.2, 0) is 9.53 Å². The van der Waals surface area contributed by atoms with Gasteiger partial charge in [-0.3, -0.25) is 4.79 Å². The predicted molar refractivity (Wildman–Crippen MR) is 62.0 cm³/mol. The topological polar surface area (TPSA) is 66.8 Å². The van der Waals surface area contributed by atoms with Crippen molar-refractivity contribution in [3.63, 3.8) is 0 Å². The first-order chi connectivity index (χ1) is 7.66. The number of ether oxygens (including phenoxy) is 1. The Bertz CT molecular complexity index is 179. The quantitative estimate of drug-likeness (QED) is 0.467. The van der Waals surface area contributed by atoms with Crippen LogP contribution in [0.1, 0.15) is 46.0 Å². The lowest BCUT2D eigenvalue weighted by Crippen LogP contribution is -2.39. The summed E-state index contributed by atoms with van der Waals surface area (Å²) in [6.45, 7) is 3.51.